The molecule has 0 saturated heterocycles. The summed E-state index contributed by atoms with van der Waals surface area (Å²) in [5.74, 6) is 2.97. The topological polar surface area (TPSA) is 116 Å². The maximum Gasteiger partial charge on any atom is 0.320 e. The van der Waals surface area contributed by atoms with Gasteiger partial charge in [0.15, 0.2) is 0 Å². The molecular formula is C26H34N6O. The van der Waals surface area contributed by atoms with Crippen LogP contribution in [0.1, 0.15) is 62.4 Å². The number of allylic oxidation sites excluding steroid dienone is 2. The standard InChI is InChI=1S/C26H34N6O/c1-4-22(26-12-18(26)6-5-16-11-20(16)26)31-25(33)32-23-8-7-21(27)19(13-29-23)24(28)17-9-14(2)30-15(3)10-17/h8-10,13,16,18,20,22,28H,4-7,11-12,27H2,1-3H3,(H2,31,32,33)/t16?,18?,20?,22-,26?/m1/s1. The summed E-state index contributed by atoms with van der Waals surface area (Å²) in [5.41, 5.74) is 10.5. The Morgan fingerprint density at radius 3 is 2.79 bits per heavy atom. The molecule has 2 amide bonds. The number of fused-ring (bicyclic) bond motifs is 3. The van der Waals surface area contributed by atoms with E-state index in [1.54, 1.807) is 6.21 Å². The van der Waals surface area contributed by atoms with Crippen molar-refractivity contribution in [2.24, 2.45) is 33.9 Å². The average Bonchev–Trinajstić information content (AvgIpc) is 3.65. The molecule has 0 radical (unpaired) electrons. The Hall–Kier alpha value is -2.96. The first-order valence-electron chi connectivity index (χ1n) is 12.2. The van der Waals surface area contributed by atoms with Gasteiger partial charge in [-0.05, 0) is 87.3 Å². The molecule has 5 N–H and O–H groups in total. The summed E-state index contributed by atoms with van der Waals surface area (Å²) >= 11 is 0. The van der Waals surface area contributed by atoms with Gasteiger partial charge in [-0.1, -0.05) is 6.92 Å². The van der Waals surface area contributed by atoms with Gasteiger partial charge in [-0.3, -0.25) is 15.7 Å². The number of nitrogens with one attached hydrogen (secondary N) is 3. The van der Waals surface area contributed by atoms with E-state index in [-0.39, 0.29) is 12.1 Å². The number of hydrogen-bond donors (Lipinski definition) is 4. The molecule has 0 aromatic carbocycles. The third kappa shape index (κ3) is 3.98. The lowest BCUT2D eigenvalue weighted by Gasteiger charge is -2.31. The SMILES string of the molecule is CC[C@@H](NC(=O)NC1=CCC(N)=C(C(=N)c2cc(C)nc(C)c2)C=N1)C12CC1CCC1CC12. The summed E-state index contributed by atoms with van der Waals surface area (Å²) in [5, 5.41) is 14.8. The van der Waals surface area contributed by atoms with Crippen molar-refractivity contribution >= 4 is 18.0 Å². The second kappa shape index (κ2) is 8.12. The molecule has 2 heterocycles. The van der Waals surface area contributed by atoms with Crippen LogP contribution in [0.2, 0.25) is 0 Å². The lowest BCUT2D eigenvalue weighted by molar-refractivity contribution is 0.203. The number of rotatable bonds is 6. The largest absolute Gasteiger partial charge is 0.401 e. The summed E-state index contributed by atoms with van der Waals surface area (Å²) < 4.78 is 0. The zero-order valence-corrected chi connectivity index (χ0v) is 19.7. The predicted octanol–water partition coefficient (Wildman–Crippen LogP) is 4.11. The van der Waals surface area contributed by atoms with E-state index in [0.29, 0.717) is 34.6 Å². The predicted molar refractivity (Wildman–Crippen MR) is 130 cm³/mol. The van der Waals surface area contributed by atoms with E-state index >= 15 is 0 Å². The highest BCUT2D eigenvalue weighted by atomic mass is 16.2. The Labute approximate surface area is 195 Å². The number of carbonyl (C=O) groups excluding carboxylic acids is 1. The number of hydrogen-bond acceptors (Lipinski definition) is 5. The van der Waals surface area contributed by atoms with Crippen LogP contribution in [-0.2, 0) is 0 Å². The molecule has 3 saturated carbocycles. The fourth-order valence-electron chi connectivity index (χ4n) is 6.47. The summed E-state index contributed by atoms with van der Waals surface area (Å²) in [7, 11) is 0. The van der Waals surface area contributed by atoms with E-state index in [4.69, 9.17) is 11.1 Å². The molecule has 174 valence electrons. The first kappa shape index (κ1) is 21.9. The van der Waals surface area contributed by atoms with Crippen molar-refractivity contribution in [2.45, 2.75) is 65.3 Å². The molecule has 7 nitrogen and oxygen atoms in total. The van der Waals surface area contributed by atoms with Crippen LogP contribution in [0.4, 0.5) is 4.79 Å². The molecule has 1 aromatic heterocycles. The number of nitrogens with zero attached hydrogens (tertiary/aromatic N) is 2. The van der Waals surface area contributed by atoms with Gasteiger partial charge in [0.2, 0.25) is 0 Å². The Bertz CT molecular complexity index is 1080. The minimum Gasteiger partial charge on any atom is -0.401 e. The van der Waals surface area contributed by atoms with Gasteiger partial charge in [0, 0.05) is 46.9 Å². The van der Waals surface area contributed by atoms with Gasteiger partial charge in [0.25, 0.3) is 0 Å². The normalized spacial score (nSPS) is 30.4. The van der Waals surface area contributed by atoms with Crippen molar-refractivity contribution in [3.63, 3.8) is 0 Å². The molecule has 0 spiro atoms. The van der Waals surface area contributed by atoms with Crippen molar-refractivity contribution in [1.82, 2.24) is 15.6 Å². The highest BCUT2D eigenvalue weighted by molar-refractivity contribution is 6.23. The molecular weight excluding hydrogens is 412 g/mol. The minimum absolute atomic E-state index is 0.203. The van der Waals surface area contributed by atoms with Crippen molar-refractivity contribution in [3.05, 3.63) is 52.3 Å². The molecule has 5 rings (SSSR count). The van der Waals surface area contributed by atoms with E-state index in [1.807, 2.05) is 32.1 Å². The number of urea groups is 1. The molecule has 1 aromatic rings. The van der Waals surface area contributed by atoms with Gasteiger partial charge in [0.05, 0.1) is 5.71 Å². The van der Waals surface area contributed by atoms with E-state index in [2.05, 4.69) is 27.5 Å². The molecule has 0 bridgehead atoms. The Morgan fingerprint density at radius 1 is 1.30 bits per heavy atom. The van der Waals surface area contributed by atoms with Crippen LogP contribution in [-0.4, -0.2) is 29.0 Å². The molecule has 3 fully saturated rings. The van der Waals surface area contributed by atoms with Gasteiger partial charge in [-0.2, -0.15) is 0 Å². The van der Waals surface area contributed by atoms with Crippen LogP contribution < -0.4 is 16.4 Å². The average molecular weight is 447 g/mol. The first-order valence-corrected chi connectivity index (χ1v) is 12.2. The Kier molecular flexibility index (Phi) is 5.38. The molecule has 4 unspecified atom stereocenters. The van der Waals surface area contributed by atoms with Crippen molar-refractivity contribution < 1.29 is 4.79 Å². The van der Waals surface area contributed by atoms with Gasteiger partial charge >= 0.3 is 6.03 Å². The number of aryl methyl sites for hydroxylation is 2. The number of carbonyl (C=O) groups is 1. The maximum absolute atomic E-state index is 12.9. The number of aromatic nitrogens is 1. The van der Waals surface area contributed by atoms with E-state index in [0.717, 1.165) is 41.1 Å². The first-order chi connectivity index (χ1) is 15.8. The van der Waals surface area contributed by atoms with Crippen molar-refractivity contribution in [1.29, 1.82) is 5.41 Å². The molecule has 3 aliphatic carbocycles. The number of nitrogens with two attached hydrogens (primary N) is 1. The highest BCUT2D eigenvalue weighted by Crippen LogP contribution is 2.75. The molecule has 1 aliphatic heterocycles. The number of amides is 2. The second-order valence-electron chi connectivity index (χ2n) is 10.3. The van der Waals surface area contributed by atoms with Gasteiger partial charge in [-0.25, -0.2) is 9.79 Å². The monoisotopic (exact) mass is 446 g/mol. The van der Waals surface area contributed by atoms with E-state index in [1.165, 1.54) is 25.7 Å². The van der Waals surface area contributed by atoms with Crippen LogP contribution in [0.25, 0.3) is 0 Å². The van der Waals surface area contributed by atoms with Crippen LogP contribution in [0.5, 0.6) is 0 Å². The molecule has 4 aliphatic rings. The number of pyridine rings is 1. The van der Waals surface area contributed by atoms with Gasteiger partial charge in [-0.15, -0.1) is 0 Å². The summed E-state index contributed by atoms with van der Waals surface area (Å²) in [4.78, 5) is 21.7. The van der Waals surface area contributed by atoms with Crippen molar-refractivity contribution in [2.75, 3.05) is 0 Å². The summed E-state index contributed by atoms with van der Waals surface area (Å²) in [6.45, 7) is 6.00. The molecule has 5 atom stereocenters. The molecule has 7 heteroatoms. The van der Waals surface area contributed by atoms with Crippen LogP contribution in [0, 0.1) is 42.4 Å². The fraction of sp³-hybridized carbons (Fsp3) is 0.538. The third-order valence-corrected chi connectivity index (χ3v) is 8.14. The van der Waals surface area contributed by atoms with Crippen LogP contribution >= 0.6 is 0 Å². The zero-order chi connectivity index (χ0) is 23.3. The van der Waals surface area contributed by atoms with E-state index in [9.17, 15) is 4.79 Å². The van der Waals surface area contributed by atoms with Gasteiger partial charge < -0.3 is 11.1 Å². The molecule has 33 heavy (non-hydrogen) atoms. The second-order valence-corrected chi connectivity index (χ2v) is 10.3. The quantitative estimate of drug-likeness (QED) is 0.493. The lowest BCUT2D eigenvalue weighted by atomic mass is 9.81. The summed E-state index contributed by atoms with van der Waals surface area (Å²) in [6, 6.07) is 3.77. The fourth-order valence-corrected chi connectivity index (χ4v) is 6.47. The third-order valence-electron chi connectivity index (χ3n) is 8.14. The number of aliphatic imine (C=N–C) groups is 1. The maximum atomic E-state index is 12.9. The lowest BCUT2D eigenvalue weighted by Crippen LogP contribution is -2.47. The smallest absolute Gasteiger partial charge is 0.320 e. The van der Waals surface area contributed by atoms with Crippen LogP contribution in [0.3, 0.4) is 0 Å². The zero-order valence-electron chi connectivity index (χ0n) is 19.7. The Balaban J connectivity index is 1.24. The summed E-state index contributed by atoms with van der Waals surface area (Å²) in [6.07, 6.45) is 10.1. The van der Waals surface area contributed by atoms with Crippen LogP contribution in [0.15, 0.2) is 40.3 Å². The Morgan fingerprint density at radius 2 is 2.06 bits per heavy atom. The van der Waals surface area contributed by atoms with Gasteiger partial charge in [0.1, 0.15) is 5.82 Å². The van der Waals surface area contributed by atoms with E-state index < -0.39 is 0 Å². The minimum atomic E-state index is -0.203. The highest BCUT2D eigenvalue weighted by Gasteiger charge is 2.70. The van der Waals surface area contributed by atoms with Crippen molar-refractivity contribution in [3.8, 4) is 0 Å².